The Morgan fingerprint density at radius 3 is 2.58 bits per heavy atom. The number of hydrogen-bond donors (Lipinski definition) is 0. The molecule has 0 amide bonds. The lowest BCUT2D eigenvalue weighted by Crippen LogP contribution is -2.43. The van der Waals surface area contributed by atoms with E-state index in [-0.39, 0.29) is 12.0 Å². The quantitative estimate of drug-likeness (QED) is 0.722. The molecule has 0 bridgehead atoms. The van der Waals surface area contributed by atoms with Crippen molar-refractivity contribution in [1.29, 1.82) is 0 Å². The molecule has 3 atom stereocenters. The first-order valence-corrected chi connectivity index (χ1v) is 6.26. The summed E-state index contributed by atoms with van der Waals surface area (Å²) in [6, 6.07) is -0.925. The third-order valence-corrected chi connectivity index (χ3v) is 3.36. The van der Waals surface area contributed by atoms with Gasteiger partial charge in [0, 0.05) is 12.5 Å². The van der Waals surface area contributed by atoms with Crippen molar-refractivity contribution in [3.63, 3.8) is 0 Å². The molecule has 4 nitrogen and oxygen atoms in total. The summed E-state index contributed by atoms with van der Waals surface area (Å²) in [7, 11) is 1.25. The smallest absolute Gasteiger partial charge is 0.401 e. The molecule has 1 saturated heterocycles. The van der Waals surface area contributed by atoms with Crippen LogP contribution in [0.5, 0.6) is 0 Å². The lowest BCUT2D eigenvalue weighted by molar-refractivity contribution is -0.166. The van der Waals surface area contributed by atoms with Crippen LogP contribution < -0.4 is 0 Å². The van der Waals surface area contributed by atoms with Gasteiger partial charge in [-0.25, -0.2) is 0 Å². The van der Waals surface area contributed by atoms with Gasteiger partial charge in [0.15, 0.2) is 0 Å². The lowest BCUT2D eigenvalue weighted by atomic mass is 10.0. The second-order valence-corrected chi connectivity index (χ2v) is 4.97. The number of carbonyl (C=O) groups is 1. The Morgan fingerprint density at radius 2 is 2.11 bits per heavy atom. The summed E-state index contributed by atoms with van der Waals surface area (Å²) >= 11 is 0. The fraction of sp³-hybridized carbons (Fsp3) is 0.917. The van der Waals surface area contributed by atoms with Gasteiger partial charge < -0.3 is 9.47 Å². The average Bonchev–Trinajstić information content (AvgIpc) is 2.78. The molecular formula is C12H20F3NO3. The van der Waals surface area contributed by atoms with Crippen molar-refractivity contribution in [1.82, 2.24) is 4.90 Å². The molecule has 0 unspecified atom stereocenters. The number of nitrogens with zero attached hydrogens (tertiary/aromatic N) is 1. The highest BCUT2D eigenvalue weighted by atomic mass is 19.4. The van der Waals surface area contributed by atoms with Crippen molar-refractivity contribution in [2.75, 3.05) is 26.8 Å². The lowest BCUT2D eigenvalue weighted by Gasteiger charge is -2.26. The Balaban J connectivity index is 2.43. The number of rotatable bonds is 5. The molecule has 0 saturated carbocycles. The second-order valence-electron chi connectivity index (χ2n) is 4.97. The third-order valence-electron chi connectivity index (χ3n) is 3.36. The van der Waals surface area contributed by atoms with Crippen LogP contribution in [0.25, 0.3) is 0 Å². The minimum Gasteiger partial charge on any atom is -0.461 e. The van der Waals surface area contributed by atoms with Gasteiger partial charge in [0.05, 0.1) is 13.2 Å². The summed E-state index contributed by atoms with van der Waals surface area (Å²) in [4.78, 5) is 12.7. The van der Waals surface area contributed by atoms with Crippen molar-refractivity contribution in [2.45, 2.75) is 38.6 Å². The summed E-state index contributed by atoms with van der Waals surface area (Å²) in [5, 5.41) is 0. The molecular weight excluding hydrogens is 263 g/mol. The molecule has 0 radical (unpaired) electrons. The van der Waals surface area contributed by atoms with Crippen LogP contribution in [-0.2, 0) is 14.3 Å². The predicted octanol–water partition coefficient (Wildman–Crippen LogP) is 1.84. The van der Waals surface area contributed by atoms with Gasteiger partial charge in [0.2, 0.25) is 0 Å². The van der Waals surface area contributed by atoms with Gasteiger partial charge in [-0.05, 0) is 27.3 Å². The van der Waals surface area contributed by atoms with Crippen LogP contribution in [0.4, 0.5) is 13.2 Å². The molecule has 0 aromatic carbocycles. The SMILES string of the molecule is C[C@H](OC(=O)[C@@H](C)N(C)CC(F)(F)F)[C@H]1CCOC1. The highest BCUT2D eigenvalue weighted by Gasteiger charge is 2.34. The highest BCUT2D eigenvalue weighted by Crippen LogP contribution is 2.21. The van der Waals surface area contributed by atoms with Crippen molar-refractivity contribution >= 4 is 5.97 Å². The van der Waals surface area contributed by atoms with E-state index in [2.05, 4.69) is 0 Å². The van der Waals surface area contributed by atoms with E-state index in [9.17, 15) is 18.0 Å². The molecule has 0 aliphatic carbocycles. The maximum absolute atomic E-state index is 12.2. The van der Waals surface area contributed by atoms with Crippen LogP contribution in [0.1, 0.15) is 20.3 Å². The van der Waals surface area contributed by atoms with Gasteiger partial charge in [-0.2, -0.15) is 13.2 Å². The molecule has 1 aliphatic rings. The van der Waals surface area contributed by atoms with Crippen LogP contribution in [0, 0.1) is 5.92 Å². The normalized spacial score (nSPS) is 23.4. The monoisotopic (exact) mass is 283 g/mol. The standard InChI is InChI=1S/C12H20F3NO3/c1-8(16(3)7-12(13,14)15)11(17)19-9(2)10-4-5-18-6-10/h8-10H,4-7H2,1-3H3/t8-,9+,10+/m1/s1. The maximum atomic E-state index is 12.2. The Morgan fingerprint density at radius 1 is 1.47 bits per heavy atom. The van der Waals surface area contributed by atoms with Gasteiger partial charge in [0.1, 0.15) is 12.1 Å². The van der Waals surface area contributed by atoms with Gasteiger partial charge in [-0.1, -0.05) is 0 Å². The van der Waals surface area contributed by atoms with Crippen LogP contribution >= 0.6 is 0 Å². The molecule has 0 spiro atoms. The Kier molecular flexibility index (Phi) is 5.61. The number of carbonyl (C=O) groups excluding carboxylic acids is 1. The van der Waals surface area contributed by atoms with Gasteiger partial charge in [0.25, 0.3) is 0 Å². The number of hydrogen-bond acceptors (Lipinski definition) is 4. The van der Waals surface area contributed by atoms with E-state index in [1.807, 2.05) is 0 Å². The van der Waals surface area contributed by atoms with E-state index in [1.54, 1.807) is 6.92 Å². The number of alkyl halides is 3. The molecule has 0 aromatic rings. The van der Waals surface area contributed by atoms with Crippen molar-refractivity contribution in [3.05, 3.63) is 0 Å². The molecule has 0 N–H and O–H groups in total. The zero-order valence-corrected chi connectivity index (χ0v) is 11.4. The summed E-state index contributed by atoms with van der Waals surface area (Å²) in [5.74, 6) is -0.504. The van der Waals surface area contributed by atoms with E-state index < -0.39 is 24.7 Å². The largest absolute Gasteiger partial charge is 0.461 e. The Hall–Kier alpha value is -0.820. The van der Waals surface area contributed by atoms with E-state index >= 15 is 0 Å². The summed E-state index contributed by atoms with van der Waals surface area (Å²) in [6.07, 6.45) is -3.85. The zero-order valence-electron chi connectivity index (χ0n) is 11.4. The number of halogens is 3. The first-order chi connectivity index (χ1) is 8.70. The van der Waals surface area contributed by atoms with E-state index in [4.69, 9.17) is 9.47 Å². The second kappa shape index (κ2) is 6.56. The highest BCUT2D eigenvalue weighted by molar-refractivity contribution is 5.75. The third kappa shape index (κ3) is 5.36. The average molecular weight is 283 g/mol. The maximum Gasteiger partial charge on any atom is 0.401 e. The molecule has 7 heteroatoms. The number of likely N-dealkylation sites (N-methyl/N-ethyl adjacent to an activating group) is 1. The molecule has 19 heavy (non-hydrogen) atoms. The summed E-state index contributed by atoms with van der Waals surface area (Å²) in [6.45, 7) is 3.18. The fourth-order valence-corrected chi connectivity index (χ4v) is 1.90. The number of ether oxygens (including phenoxy) is 2. The molecule has 0 aromatic heterocycles. The van der Waals surface area contributed by atoms with E-state index in [1.165, 1.54) is 14.0 Å². The van der Waals surface area contributed by atoms with Crippen molar-refractivity contribution < 1.29 is 27.4 Å². The Labute approximate surface area is 110 Å². The first-order valence-electron chi connectivity index (χ1n) is 6.26. The van der Waals surface area contributed by atoms with Crippen molar-refractivity contribution in [3.8, 4) is 0 Å². The van der Waals surface area contributed by atoms with Crippen LogP contribution in [-0.4, -0.2) is 56.0 Å². The molecule has 112 valence electrons. The Bertz CT molecular complexity index is 303. The minimum absolute atomic E-state index is 0.129. The van der Waals surface area contributed by atoms with Crippen molar-refractivity contribution in [2.24, 2.45) is 5.92 Å². The first kappa shape index (κ1) is 16.2. The fourth-order valence-electron chi connectivity index (χ4n) is 1.90. The van der Waals surface area contributed by atoms with Crippen LogP contribution in [0.3, 0.4) is 0 Å². The van der Waals surface area contributed by atoms with Crippen LogP contribution in [0.15, 0.2) is 0 Å². The van der Waals surface area contributed by atoms with Gasteiger partial charge >= 0.3 is 12.1 Å². The minimum atomic E-state index is -4.33. The molecule has 1 aliphatic heterocycles. The van der Waals surface area contributed by atoms with Gasteiger partial charge in [-0.15, -0.1) is 0 Å². The topological polar surface area (TPSA) is 38.8 Å². The summed E-state index contributed by atoms with van der Waals surface area (Å²) < 4.78 is 47.1. The van der Waals surface area contributed by atoms with Crippen LogP contribution in [0.2, 0.25) is 0 Å². The zero-order chi connectivity index (χ0) is 14.6. The predicted molar refractivity (Wildman–Crippen MR) is 62.6 cm³/mol. The molecule has 1 fully saturated rings. The molecule has 1 heterocycles. The van der Waals surface area contributed by atoms with Gasteiger partial charge in [-0.3, -0.25) is 9.69 Å². The summed E-state index contributed by atoms with van der Waals surface area (Å²) in [5.41, 5.74) is 0. The molecule has 1 rings (SSSR count). The van der Waals surface area contributed by atoms with E-state index in [0.29, 0.717) is 13.2 Å². The number of esters is 1. The van der Waals surface area contributed by atoms with E-state index in [0.717, 1.165) is 11.3 Å².